The average molecular weight is 194 g/mol. The molecule has 0 saturated heterocycles. The van der Waals surface area contributed by atoms with Crippen molar-refractivity contribution in [2.45, 2.75) is 26.2 Å². The summed E-state index contributed by atoms with van der Waals surface area (Å²) < 4.78 is 22.1. The molecule has 12 heavy (non-hydrogen) atoms. The van der Waals surface area contributed by atoms with Crippen LogP contribution in [0, 0.1) is 0 Å². The summed E-state index contributed by atoms with van der Waals surface area (Å²) in [6, 6.07) is 0. The van der Waals surface area contributed by atoms with Gasteiger partial charge >= 0.3 is 5.97 Å². The highest BCUT2D eigenvalue weighted by atomic mass is 32.2. The van der Waals surface area contributed by atoms with Crippen LogP contribution >= 0.6 is 0 Å². The number of aliphatic carboxylic acids is 1. The van der Waals surface area contributed by atoms with E-state index in [1.807, 2.05) is 6.92 Å². The summed E-state index contributed by atoms with van der Waals surface area (Å²) in [5.41, 5.74) is 0. The molecule has 0 bridgehead atoms. The van der Waals surface area contributed by atoms with Crippen molar-refractivity contribution in [3.63, 3.8) is 0 Å². The molecule has 4 nitrogen and oxygen atoms in total. The molecule has 0 rings (SSSR count). The molecule has 0 unspecified atom stereocenters. The highest BCUT2D eigenvalue weighted by molar-refractivity contribution is 7.91. The van der Waals surface area contributed by atoms with E-state index in [-0.39, 0.29) is 17.9 Å². The van der Waals surface area contributed by atoms with E-state index in [2.05, 4.69) is 0 Å². The zero-order valence-corrected chi connectivity index (χ0v) is 7.93. The molecule has 5 heteroatoms. The van der Waals surface area contributed by atoms with Crippen molar-refractivity contribution in [2.75, 3.05) is 11.5 Å². The van der Waals surface area contributed by atoms with Crippen LogP contribution in [0.15, 0.2) is 0 Å². The molecule has 0 aromatic rings. The lowest BCUT2D eigenvalue weighted by molar-refractivity contribution is -0.136. The minimum Gasteiger partial charge on any atom is -0.481 e. The number of carbonyl (C=O) groups is 1. The molecule has 0 heterocycles. The van der Waals surface area contributed by atoms with Gasteiger partial charge in [-0.15, -0.1) is 0 Å². The van der Waals surface area contributed by atoms with Gasteiger partial charge in [0.2, 0.25) is 0 Å². The fourth-order valence-electron chi connectivity index (χ4n) is 0.709. The fraction of sp³-hybridized carbons (Fsp3) is 0.857. The lowest BCUT2D eigenvalue weighted by atomic mass is 10.4. The second-order valence-electron chi connectivity index (χ2n) is 2.65. The summed E-state index contributed by atoms with van der Waals surface area (Å²) >= 11 is 0. The van der Waals surface area contributed by atoms with E-state index in [9.17, 15) is 13.2 Å². The van der Waals surface area contributed by atoms with Gasteiger partial charge in [0.1, 0.15) is 0 Å². The van der Waals surface area contributed by atoms with Crippen molar-refractivity contribution in [1.29, 1.82) is 0 Å². The Morgan fingerprint density at radius 3 is 2.33 bits per heavy atom. The summed E-state index contributed by atoms with van der Waals surface area (Å²) in [6.07, 6.45) is 1.14. The second-order valence-corrected chi connectivity index (χ2v) is 4.95. The van der Waals surface area contributed by atoms with Crippen LogP contribution in [0.4, 0.5) is 0 Å². The molecule has 1 N–H and O–H groups in total. The minimum absolute atomic E-state index is 0.108. The molecule has 0 radical (unpaired) electrons. The number of carboxylic acids is 1. The van der Waals surface area contributed by atoms with Gasteiger partial charge < -0.3 is 5.11 Å². The van der Waals surface area contributed by atoms with E-state index in [0.29, 0.717) is 6.42 Å². The predicted molar refractivity (Wildman–Crippen MR) is 45.8 cm³/mol. The van der Waals surface area contributed by atoms with Crippen LogP contribution < -0.4 is 0 Å². The maximum atomic E-state index is 11.0. The Kier molecular flexibility index (Phi) is 4.89. The third-order valence-corrected chi connectivity index (χ3v) is 3.17. The van der Waals surface area contributed by atoms with E-state index < -0.39 is 15.8 Å². The molecule has 0 aliphatic heterocycles. The van der Waals surface area contributed by atoms with Crippen LogP contribution in [0.1, 0.15) is 26.2 Å². The number of hydrogen-bond acceptors (Lipinski definition) is 3. The second kappa shape index (κ2) is 5.13. The van der Waals surface area contributed by atoms with Crippen LogP contribution in [0.5, 0.6) is 0 Å². The Hall–Kier alpha value is -0.580. The smallest absolute Gasteiger partial charge is 0.304 e. The molecule has 0 aliphatic rings. The first-order chi connectivity index (χ1) is 5.48. The number of sulfone groups is 1. The van der Waals surface area contributed by atoms with E-state index in [1.54, 1.807) is 0 Å². The highest BCUT2D eigenvalue weighted by Crippen LogP contribution is 1.98. The average Bonchev–Trinajstić information content (AvgIpc) is 1.98. The van der Waals surface area contributed by atoms with Crippen molar-refractivity contribution in [3.8, 4) is 0 Å². The van der Waals surface area contributed by atoms with Crippen molar-refractivity contribution in [3.05, 3.63) is 0 Å². The van der Waals surface area contributed by atoms with Gasteiger partial charge in [-0.1, -0.05) is 13.3 Å². The van der Waals surface area contributed by atoms with Gasteiger partial charge in [-0.3, -0.25) is 4.79 Å². The topological polar surface area (TPSA) is 71.4 Å². The molecule has 0 saturated carbocycles. The molecule has 0 spiro atoms. The predicted octanol–water partition coefficient (Wildman–Crippen LogP) is 0.676. The third-order valence-electron chi connectivity index (χ3n) is 1.44. The summed E-state index contributed by atoms with van der Waals surface area (Å²) in [5, 5.41) is 8.24. The van der Waals surface area contributed by atoms with Gasteiger partial charge in [-0.05, 0) is 6.42 Å². The molecular weight excluding hydrogens is 180 g/mol. The Morgan fingerprint density at radius 1 is 1.33 bits per heavy atom. The van der Waals surface area contributed by atoms with Gasteiger partial charge in [0.05, 0.1) is 17.9 Å². The quantitative estimate of drug-likeness (QED) is 0.674. The van der Waals surface area contributed by atoms with E-state index in [4.69, 9.17) is 5.11 Å². The lowest BCUT2D eigenvalue weighted by Crippen LogP contribution is -2.14. The number of rotatable bonds is 6. The standard InChI is InChI=1S/C7H14O4S/c1-2-3-5-12(10,11)6-4-7(8)9/h2-6H2,1H3,(H,8,9). The van der Waals surface area contributed by atoms with E-state index in [0.717, 1.165) is 6.42 Å². The van der Waals surface area contributed by atoms with E-state index >= 15 is 0 Å². The monoisotopic (exact) mass is 194 g/mol. The van der Waals surface area contributed by atoms with Crippen molar-refractivity contribution < 1.29 is 18.3 Å². The summed E-state index contributed by atoms with van der Waals surface area (Å²) in [5.74, 6) is -1.19. The van der Waals surface area contributed by atoms with Gasteiger partial charge in [0.15, 0.2) is 9.84 Å². The zero-order valence-electron chi connectivity index (χ0n) is 7.12. The SMILES string of the molecule is CCCCS(=O)(=O)CCC(=O)O. The summed E-state index contributed by atoms with van der Waals surface area (Å²) in [7, 11) is -3.12. The van der Waals surface area contributed by atoms with Crippen molar-refractivity contribution in [1.82, 2.24) is 0 Å². The van der Waals surface area contributed by atoms with Crippen LogP contribution in [-0.4, -0.2) is 31.0 Å². The Morgan fingerprint density at radius 2 is 1.92 bits per heavy atom. The molecule has 0 atom stereocenters. The van der Waals surface area contributed by atoms with Crippen LogP contribution in [0.3, 0.4) is 0 Å². The molecule has 0 aromatic carbocycles. The third kappa shape index (κ3) is 6.15. The maximum Gasteiger partial charge on any atom is 0.304 e. The molecule has 72 valence electrons. The first kappa shape index (κ1) is 11.4. The van der Waals surface area contributed by atoms with Gasteiger partial charge in [-0.25, -0.2) is 8.42 Å². The Labute approximate surface area is 72.5 Å². The molecule has 0 fully saturated rings. The number of unbranched alkanes of at least 4 members (excludes halogenated alkanes) is 1. The normalized spacial score (nSPS) is 11.4. The maximum absolute atomic E-state index is 11.0. The van der Waals surface area contributed by atoms with Crippen LogP contribution in [-0.2, 0) is 14.6 Å². The van der Waals surface area contributed by atoms with Crippen LogP contribution in [0.25, 0.3) is 0 Å². The van der Waals surface area contributed by atoms with Crippen molar-refractivity contribution >= 4 is 15.8 Å². The molecule has 0 aliphatic carbocycles. The Bertz CT molecular complexity index is 230. The van der Waals surface area contributed by atoms with Crippen LogP contribution in [0.2, 0.25) is 0 Å². The summed E-state index contributed by atoms with van der Waals surface area (Å²) in [4.78, 5) is 10.1. The summed E-state index contributed by atoms with van der Waals surface area (Å²) in [6.45, 7) is 1.90. The van der Waals surface area contributed by atoms with Gasteiger partial charge in [0, 0.05) is 0 Å². The molecule has 0 amide bonds. The zero-order chi connectivity index (χ0) is 9.61. The minimum atomic E-state index is -3.12. The van der Waals surface area contributed by atoms with Crippen molar-refractivity contribution in [2.24, 2.45) is 0 Å². The first-order valence-electron chi connectivity index (χ1n) is 3.90. The van der Waals surface area contributed by atoms with Gasteiger partial charge in [-0.2, -0.15) is 0 Å². The van der Waals surface area contributed by atoms with E-state index in [1.165, 1.54) is 0 Å². The largest absolute Gasteiger partial charge is 0.481 e. The fourth-order valence-corrected chi connectivity index (χ4v) is 2.13. The highest BCUT2D eigenvalue weighted by Gasteiger charge is 2.11. The molecule has 0 aromatic heterocycles. The van der Waals surface area contributed by atoms with Gasteiger partial charge in [0.25, 0.3) is 0 Å². The number of carboxylic acid groups (broad SMARTS) is 1. The lowest BCUT2D eigenvalue weighted by Gasteiger charge is -1.99. The Balaban J connectivity index is 3.80. The number of hydrogen-bond donors (Lipinski definition) is 1. The first-order valence-corrected chi connectivity index (χ1v) is 5.72. The molecular formula is C7H14O4S.